The van der Waals surface area contributed by atoms with Crippen LogP contribution >= 0.6 is 23.2 Å². The highest BCUT2D eigenvalue weighted by molar-refractivity contribution is 7.92. The Hall–Kier alpha value is -3.07. The van der Waals surface area contributed by atoms with Crippen LogP contribution in [0.5, 0.6) is 5.75 Å². The number of carbonyl (C=O) groups is 2. The molecule has 0 unspecified atom stereocenters. The van der Waals surface area contributed by atoms with Gasteiger partial charge in [0.1, 0.15) is 5.75 Å². The number of nitrogens with one attached hydrogen (secondary N) is 1. The standard InChI is InChI=1S/C22H17Cl2NO6S/c1-30-21(26)13-31-20-10-8-16(12-18(20)24)32(28,29)25-19-9-7-15(23)11-17(19)22(27)14-5-3-2-4-6-14/h2-12,25H,13H2,1H3. The smallest absolute Gasteiger partial charge is 0.343 e. The third kappa shape index (κ3) is 5.59. The average Bonchev–Trinajstić information content (AvgIpc) is 2.79. The predicted octanol–water partition coefficient (Wildman–Crippen LogP) is 4.58. The number of carbonyl (C=O) groups excluding carboxylic acids is 2. The molecule has 0 aliphatic heterocycles. The zero-order valence-corrected chi connectivity index (χ0v) is 19.0. The molecule has 3 aromatic rings. The Morgan fingerprint density at radius 1 is 0.969 bits per heavy atom. The number of rotatable bonds is 8. The molecule has 0 aliphatic carbocycles. The van der Waals surface area contributed by atoms with Crippen molar-refractivity contribution in [1.82, 2.24) is 0 Å². The molecular formula is C22H17Cl2NO6S. The number of halogens is 2. The monoisotopic (exact) mass is 493 g/mol. The molecule has 3 aromatic carbocycles. The molecule has 3 rings (SSSR count). The van der Waals surface area contributed by atoms with E-state index < -0.39 is 21.8 Å². The van der Waals surface area contributed by atoms with Gasteiger partial charge >= 0.3 is 5.97 Å². The summed E-state index contributed by atoms with van der Waals surface area (Å²) >= 11 is 12.2. The largest absolute Gasteiger partial charge is 0.480 e. The molecule has 0 bridgehead atoms. The first kappa shape index (κ1) is 23.6. The van der Waals surface area contributed by atoms with Crippen LogP contribution in [0.25, 0.3) is 0 Å². The van der Waals surface area contributed by atoms with Gasteiger partial charge in [0.15, 0.2) is 12.4 Å². The van der Waals surface area contributed by atoms with Gasteiger partial charge in [0.2, 0.25) is 0 Å². The van der Waals surface area contributed by atoms with Crippen molar-refractivity contribution in [2.45, 2.75) is 4.90 Å². The van der Waals surface area contributed by atoms with Crippen molar-refractivity contribution < 1.29 is 27.5 Å². The maximum absolute atomic E-state index is 12.9. The van der Waals surface area contributed by atoms with E-state index >= 15 is 0 Å². The van der Waals surface area contributed by atoms with Crippen LogP contribution in [0.2, 0.25) is 10.0 Å². The molecule has 0 aromatic heterocycles. The average molecular weight is 494 g/mol. The Balaban J connectivity index is 1.89. The van der Waals surface area contributed by atoms with Gasteiger partial charge in [0.25, 0.3) is 10.0 Å². The second-order valence-corrected chi connectivity index (χ2v) is 8.97. The molecule has 0 radical (unpaired) electrons. The van der Waals surface area contributed by atoms with Crippen molar-refractivity contribution in [3.05, 3.63) is 87.9 Å². The van der Waals surface area contributed by atoms with Crippen molar-refractivity contribution in [1.29, 1.82) is 0 Å². The van der Waals surface area contributed by atoms with Gasteiger partial charge in [0.05, 0.1) is 22.7 Å². The van der Waals surface area contributed by atoms with E-state index in [9.17, 15) is 18.0 Å². The van der Waals surface area contributed by atoms with Crippen LogP contribution in [0.1, 0.15) is 15.9 Å². The lowest BCUT2D eigenvalue weighted by atomic mass is 10.0. The fraction of sp³-hybridized carbons (Fsp3) is 0.0909. The number of ketones is 1. The van der Waals surface area contributed by atoms with E-state index in [4.69, 9.17) is 27.9 Å². The van der Waals surface area contributed by atoms with Crippen molar-refractivity contribution in [3.63, 3.8) is 0 Å². The summed E-state index contributed by atoms with van der Waals surface area (Å²) in [7, 11) is -2.91. The number of hydrogen-bond donors (Lipinski definition) is 1. The molecule has 32 heavy (non-hydrogen) atoms. The minimum atomic E-state index is -4.12. The third-order valence-corrected chi connectivity index (χ3v) is 6.19. The number of benzene rings is 3. The lowest BCUT2D eigenvalue weighted by molar-refractivity contribution is -0.142. The number of esters is 1. The van der Waals surface area contributed by atoms with E-state index in [0.717, 1.165) is 0 Å². The Morgan fingerprint density at radius 3 is 2.34 bits per heavy atom. The minimum Gasteiger partial charge on any atom is -0.480 e. The van der Waals surface area contributed by atoms with E-state index in [-0.39, 0.29) is 38.5 Å². The molecule has 166 valence electrons. The summed E-state index contributed by atoms with van der Waals surface area (Å²) in [4.78, 5) is 24.0. The third-order valence-electron chi connectivity index (χ3n) is 4.29. The van der Waals surface area contributed by atoms with Gasteiger partial charge in [-0.25, -0.2) is 13.2 Å². The highest BCUT2D eigenvalue weighted by atomic mass is 35.5. The van der Waals surface area contributed by atoms with Gasteiger partial charge in [-0.05, 0) is 36.4 Å². The zero-order valence-electron chi connectivity index (χ0n) is 16.7. The molecule has 0 spiro atoms. The van der Waals surface area contributed by atoms with Gasteiger partial charge in [-0.3, -0.25) is 9.52 Å². The summed E-state index contributed by atoms with van der Waals surface area (Å²) in [5.74, 6) is -0.893. The van der Waals surface area contributed by atoms with Crippen LogP contribution in [0.4, 0.5) is 5.69 Å². The highest BCUT2D eigenvalue weighted by Crippen LogP contribution is 2.30. The second kappa shape index (κ2) is 10.0. The quantitative estimate of drug-likeness (QED) is 0.364. The number of ether oxygens (including phenoxy) is 2. The van der Waals surface area contributed by atoms with Crippen LogP contribution in [0, 0.1) is 0 Å². The lowest BCUT2D eigenvalue weighted by Crippen LogP contribution is -2.16. The van der Waals surface area contributed by atoms with Gasteiger partial charge in [-0.2, -0.15) is 0 Å². The fourth-order valence-electron chi connectivity index (χ4n) is 2.70. The van der Waals surface area contributed by atoms with Gasteiger partial charge in [-0.15, -0.1) is 0 Å². The van der Waals surface area contributed by atoms with E-state index in [1.807, 2.05) is 0 Å². The van der Waals surface area contributed by atoms with Gasteiger partial charge in [0, 0.05) is 16.1 Å². The fourth-order valence-corrected chi connectivity index (χ4v) is 4.28. The Bertz CT molecular complexity index is 1260. The van der Waals surface area contributed by atoms with Gasteiger partial charge < -0.3 is 9.47 Å². The Morgan fingerprint density at radius 2 is 1.69 bits per heavy atom. The molecule has 10 heteroatoms. The molecule has 0 saturated heterocycles. The second-order valence-electron chi connectivity index (χ2n) is 6.45. The van der Waals surface area contributed by atoms with E-state index in [1.165, 1.54) is 43.5 Å². The van der Waals surface area contributed by atoms with Crippen LogP contribution in [-0.4, -0.2) is 33.9 Å². The van der Waals surface area contributed by atoms with Crippen LogP contribution in [0.15, 0.2) is 71.6 Å². The summed E-state index contributed by atoms with van der Waals surface area (Å²) < 4.78 is 38.0. The van der Waals surface area contributed by atoms with Crippen LogP contribution in [0.3, 0.4) is 0 Å². The van der Waals surface area contributed by atoms with E-state index in [1.54, 1.807) is 30.3 Å². The molecule has 0 saturated carbocycles. The molecule has 0 atom stereocenters. The maximum atomic E-state index is 12.9. The lowest BCUT2D eigenvalue weighted by Gasteiger charge is -2.14. The Labute approximate surface area is 194 Å². The van der Waals surface area contributed by atoms with Crippen LogP contribution < -0.4 is 9.46 Å². The normalized spacial score (nSPS) is 11.0. The number of anilines is 1. The highest BCUT2D eigenvalue weighted by Gasteiger charge is 2.21. The van der Waals surface area contributed by atoms with E-state index in [2.05, 4.69) is 9.46 Å². The molecule has 1 N–H and O–H groups in total. The van der Waals surface area contributed by atoms with Gasteiger partial charge in [-0.1, -0.05) is 53.5 Å². The van der Waals surface area contributed by atoms with Crippen molar-refractivity contribution >= 4 is 50.7 Å². The van der Waals surface area contributed by atoms with Crippen molar-refractivity contribution in [2.24, 2.45) is 0 Å². The molecule has 0 fully saturated rings. The first-order valence-electron chi connectivity index (χ1n) is 9.12. The first-order valence-corrected chi connectivity index (χ1v) is 11.4. The van der Waals surface area contributed by atoms with Crippen LogP contribution in [-0.2, 0) is 19.6 Å². The zero-order chi connectivity index (χ0) is 23.3. The Kier molecular flexibility index (Phi) is 7.40. The summed E-state index contributed by atoms with van der Waals surface area (Å²) in [6.07, 6.45) is 0. The minimum absolute atomic E-state index is 0.0199. The number of sulfonamides is 1. The number of hydrogen-bond acceptors (Lipinski definition) is 6. The van der Waals surface area contributed by atoms with Crippen molar-refractivity contribution in [2.75, 3.05) is 18.4 Å². The molecule has 0 amide bonds. The SMILES string of the molecule is COC(=O)COc1ccc(S(=O)(=O)Nc2ccc(Cl)cc2C(=O)c2ccccc2)cc1Cl. The molecule has 0 aliphatic rings. The maximum Gasteiger partial charge on any atom is 0.343 e. The van der Waals surface area contributed by atoms with Crippen molar-refractivity contribution in [3.8, 4) is 5.75 Å². The molecule has 7 nitrogen and oxygen atoms in total. The molecule has 0 heterocycles. The number of methoxy groups -OCH3 is 1. The topological polar surface area (TPSA) is 98.8 Å². The van der Waals surface area contributed by atoms with E-state index in [0.29, 0.717) is 5.56 Å². The summed E-state index contributed by atoms with van der Waals surface area (Å²) in [6, 6.07) is 16.4. The first-order chi connectivity index (χ1) is 15.2. The summed E-state index contributed by atoms with van der Waals surface area (Å²) in [5.41, 5.74) is 0.534. The summed E-state index contributed by atoms with van der Waals surface area (Å²) in [6.45, 7) is -0.379. The summed E-state index contributed by atoms with van der Waals surface area (Å²) in [5, 5.41) is 0.260. The molecular weight excluding hydrogens is 477 g/mol. The predicted molar refractivity (Wildman–Crippen MR) is 121 cm³/mol.